The fraction of sp³-hybridized carbons (Fsp3) is 0.231. The molecule has 0 aliphatic rings. The molecule has 0 spiro atoms. The van der Waals surface area contributed by atoms with E-state index in [2.05, 4.69) is 25.9 Å². The lowest BCUT2D eigenvalue weighted by atomic mass is 10.2. The SMILES string of the molecule is COc1ccc(-c2nccc(CBr)n2)cc1OC. The quantitative estimate of drug-likeness (QED) is 0.814. The zero-order valence-corrected chi connectivity index (χ0v) is 11.8. The molecule has 18 heavy (non-hydrogen) atoms. The highest BCUT2D eigenvalue weighted by Gasteiger charge is 2.08. The average molecular weight is 309 g/mol. The number of methoxy groups -OCH3 is 2. The minimum atomic E-state index is 0.669. The van der Waals surface area contributed by atoms with E-state index in [1.807, 2.05) is 24.3 Å². The number of nitrogens with zero attached hydrogens (tertiary/aromatic N) is 2. The number of hydrogen-bond donors (Lipinski definition) is 0. The van der Waals surface area contributed by atoms with Crippen LogP contribution in [0.4, 0.5) is 0 Å². The standard InChI is InChI=1S/C13H13BrN2O2/c1-17-11-4-3-9(7-12(11)18-2)13-15-6-5-10(8-14)16-13/h3-7H,8H2,1-2H3. The van der Waals surface area contributed by atoms with Crippen LogP contribution in [0.5, 0.6) is 11.5 Å². The molecule has 4 nitrogen and oxygen atoms in total. The summed E-state index contributed by atoms with van der Waals surface area (Å²) in [4.78, 5) is 8.70. The second kappa shape index (κ2) is 5.82. The molecule has 1 aromatic heterocycles. The second-order valence-corrected chi connectivity index (χ2v) is 4.14. The normalized spacial score (nSPS) is 10.2. The van der Waals surface area contributed by atoms with E-state index in [1.54, 1.807) is 20.4 Å². The van der Waals surface area contributed by atoms with Crippen molar-refractivity contribution < 1.29 is 9.47 Å². The van der Waals surface area contributed by atoms with Crippen LogP contribution >= 0.6 is 15.9 Å². The largest absolute Gasteiger partial charge is 0.493 e. The Hall–Kier alpha value is -1.62. The molecule has 1 heterocycles. The zero-order chi connectivity index (χ0) is 13.0. The molecule has 0 saturated carbocycles. The summed E-state index contributed by atoms with van der Waals surface area (Å²) in [5, 5.41) is 0.704. The van der Waals surface area contributed by atoms with Crippen LogP contribution in [-0.2, 0) is 5.33 Å². The maximum atomic E-state index is 5.27. The van der Waals surface area contributed by atoms with Crippen molar-refractivity contribution in [1.82, 2.24) is 9.97 Å². The van der Waals surface area contributed by atoms with Crippen molar-refractivity contribution >= 4 is 15.9 Å². The van der Waals surface area contributed by atoms with E-state index in [0.717, 1.165) is 11.3 Å². The highest BCUT2D eigenvalue weighted by molar-refractivity contribution is 9.08. The van der Waals surface area contributed by atoms with Crippen molar-refractivity contribution in [2.45, 2.75) is 5.33 Å². The van der Waals surface area contributed by atoms with E-state index in [4.69, 9.17) is 9.47 Å². The van der Waals surface area contributed by atoms with Gasteiger partial charge in [0.15, 0.2) is 17.3 Å². The lowest BCUT2D eigenvalue weighted by Gasteiger charge is -2.09. The molecule has 0 N–H and O–H groups in total. The first kappa shape index (κ1) is 12.8. The number of aromatic nitrogens is 2. The van der Waals surface area contributed by atoms with Gasteiger partial charge in [-0.2, -0.15) is 0 Å². The fourth-order valence-corrected chi connectivity index (χ4v) is 1.90. The highest BCUT2D eigenvalue weighted by Crippen LogP contribution is 2.30. The Morgan fingerprint density at radius 2 is 1.89 bits per heavy atom. The lowest BCUT2D eigenvalue weighted by Crippen LogP contribution is -1.95. The van der Waals surface area contributed by atoms with E-state index < -0.39 is 0 Å². The fourth-order valence-electron chi connectivity index (χ4n) is 1.58. The molecular weight excluding hydrogens is 296 g/mol. The van der Waals surface area contributed by atoms with Gasteiger partial charge in [0.1, 0.15) is 0 Å². The molecule has 0 atom stereocenters. The predicted molar refractivity (Wildman–Crippen MR) is 73.2 cm³/mol. The molecule has 1 aromatic carbocycles. The van der Waals surface area contributed by atoms with Crippen LogP contribution in [-0.4, -0.2) is 24.2 Å². The Balaban J connectivity index is 2.43. The average Bonchev–Trinajstić information content (AvgIpc) is 2.46. The predicted octanol–water partition coefficient (Wildman–Crippen LogP) is 3.06. The Morgan fingerprint density at radius 3 is 2.56 bits per heavy atom. The first-order valence-corrected chi connectivity index (χ1v) is 6.51. The van der Waals surface area contributed by atoms with Crippen molar-refractivity contribution in [2.24, 2.45) is 0 Å². The molecule has 2 rings (SSSR count). The lowest BCUT2D eigenvalue weighted by molar-refractivity contribution is 0.355. The maximum Gasteiger partial charge on any atom is 0.161 e. The number of ether oxygens (including phenoxy) is 2. The molecule has 0 amide bonds. The van der Waals surface area contributed by atoms with Gasteiger partial charge in [-0.3, -0.25) is 0 Å². The van der Waals surface area contributed by atoms with Gasteiger partial charge in [0.2, 0.25) is 0 Å². The number of benzene rings is 1. The molecule has 0 fully saturated rings. The van der Waals surface area contributed by atoms with Gasteiger partial charge >= 0.3 is 0 Å². The molecule has 0 aliphatic heterocycles. The van der Waals surface area contributed by atoms with Gasteiger partial charge < -0.3 is 9.47 Å². The summed E-state index contributed by atoms with van der Waals surface area (Å²) in [6, 6.07) is 7.50. The summed E-state index contributed by atoms with van der Waals surface area (Å²) in [5.74, 6) is 2.04. The highest BCUT2D eigenvalue weighted by atomic mass is 79.9. The van der Waals surface area contributed by atoms with E-state index in [9.17, 15) is 0 Å². The van der Waals surface area contributed by atoms with Crippen LogP contribution in [0, 0.1) is 0 Å². The summed E-state index contributed by atoms with van der Waals surface area (Å²) in [6.07, 6.45) is 1.75. The zero-order valence-electron chi connectivity index (χ0n) is 10.2. The number of alkyl halides is 1. The van der Waals surface area contributed by atoms with Crippen molar-refractivity contribution in [1.29, 1.82) is 0 Å². The number of halogens is 1. The molecule has 2 aromatic rings. The minimum absolute atomic E-state index is 0.669. The third kappa shape index (κ3) is 2.61. The molecule has 0 unspecified atom stereocenters. The van der Waals surface area contributed by atoms with Crippen LogP contribution in [0.15, 0.2) is 30.5 Å². The number of hydrogen-bond acceptors (Lipinski definition) is 4. The molecule has 94 valence electrons. The van der Waals surface area contributed by atoms with Crippen molar-refractivity contribution in [3.8, 4) is 22.9 Å². The summed E-state index contributed by atoms with van der Waals surface area (Å²) < 4.78 is 10.5. The summed E-state index contributed by atoms with van der Waals surface area (Å²) in [5.41, 5.74) is 1.84. The molecule has 0 bridgehead atoms. The third-order valence-electron chi connectivity index (χ3n) is 2.49. The van der Waals surface area contributed by atoms with Gasteiger partial charge in [0, 0.05) is 17.1 Å². The van der Waals surface area contributed by atoms with Gasteiger partial charge in [0.05, 0.1) is 19.9 Å². The first-order chi connectivity index (χ1) is 8.78. The van der Waals surface area contributed by atoms with E-state index in [-0.39, 0.29) is 0 Å². The van der Waals surface area contributed by atoms with Crippen LogP contribution in [0.1, 0.15) is 5.69 Å². The van der Waals surface area contributed by atoms with Crippen molar-refractivity contribution in [3.05, 3.63) is 36.2 Å². The first-order valence-electron chi connectivity index (χ1n) is 5.38. The molecule has 0 radical (unpaired) electrons. The molecule has 5 heteroatoms. The van der Waals surface area contributed by atoms with Gasteiger partial charge in [0.25, 0.3) is 0 Å². The topological polar surface area (TPSA) is 44.2 Å². The Kier molecular flexibility index (Phi) is 4.15. The Bertz CT molecular complexity index is 546. The summed E-state index contributed by atoms with van der Waals surface area (Å²) in [6.45, 7) is 0. The van der Waals surface area contributed by atoms with Gasteiger partial charge in [-0.15, -0.1) is 0 Å². The third-order valence-corrected chi connectivity index (χ3v) is 3.07. The Morgan fingerprint density at radius 1 is 1.11 bits per heavy atom. The van der Waals surface area contributed by atoms with Crippen molar-refractivity contribution in [3.63, 3.8) is 0 Å². The summed E-state index contributed by atoms with van der Waals surface area (Å²) >= 11 is 3.38. The molecular formula is C13H13BrN2O2. The monoisotopic (exact) mass is 308 g/mol. The van der Waals surface area contributed by atoms with Crippen molar-refractivity contribution in [2.75, 3.05) is 14.2 Å². The second-order valence-electron chi connectivity index (χ2n) is 3.57. The van der Waals surface area contributed by atoms with E-state index >= 15 is 0 Å². The van der Waals surface area contributed by atoms with Crippen LogP contribution < -0.4 is 9.47 Å². The van der Waals surface area contributed by atoms with Gasteiger partial charge in [-0.1, -0.05) is 15.9 Å². The van der Waals surface area contributed by atoms with E-state index in [1.165, 1.54) is 0 Å². The summed E-state index contributed by atoms with van der Waals surface area (Å²) in [7, 11) is 3.22. The van der Waals surface area contributed by atoms with Crippen LogP contribution in [0.3, 0.4) is 0 Å². The van der Waals surface area contributed by atoms with Gasteiger partial charge in [-0.05, 0) is 24.3 Å². The maximum absolute atomic E-state index is 5.27. The Labute approximate surface area is 114 Å². The molecule has 0 aliphatic carbocycles. The van der Waals surface area contributed by atoms with Gasteiger partial charge in [-0.25, -0.2) is 9.97 Å². The van der Waals surface area contributed by atoms with Crippen LogP contribution in [0.2, 0.25) is 0 Å². The molecule has 0 saturated heterocycles. The smallest absolute Gasteiger partial charge is 0.161 e. The number of rotatable bonds is 4. The van der Waals surface area contributed by atoms with E-state index in [0.29, 0.717) is 22.7 Å². The minimum Gasteiger partial charge on any atom is -0.493 e. The van der Waals surface area contributed by atoms with Crippen LogP contribution in [0.25, 0.3) is 11.4 Å².